The van der Waals surface area contributed by atoms with Crippen LogP contribution in [0.1, 0.15) is 58.1 Å². The molecule has 0 aliphatic rings. The third-order valence-electron chi connectivity index (χ3n) is 3.26. The normalized spacial score (nSPS) is 14.6. The van der Waals surface area contributed by atoms with Gasteiger partial charge in [-0.25, -0.2) is 4.39 Å². The maximum absolute atomic E-state index is 13.6. The van der Waals surface area contributed by atoms with Gasteiger partial charge in [0.05, 0.1) is 0 Å². The van der Waals surface area contributed by atoms with Crippen LogP contribution in [0.5, 0.6) is 0 Å². The lowest BCUT2D eigenvalue weighted by Gasteiger charge is -2.22. The van der Waals surface area contributed by atoms with E-state index in [0.29, 0.717) is 6.04 Å². The van der Waals surface area contributed by atoms with E-state index in [-0.39, 0.29) is 11.9 Å². The van der Waals surface area contributed by atoms with E-state index < -0.39 is 0 Å². The van der Waals surface area contributed by atoms with E-state index in [4.69, 9.17) is 0 Å². The summed E-state index contributed by atoms with van der Waals surface area (Å²) in [6.07, 6.45) is 4.71. The maximum Gasteiger partial charge on any atom is 0.127 e. The number of halogens is 1. The average molecular weight is 237 g/mol. The molecule has 2 heteroatoms. The minimum atomic E-state index is -0.113. The topological polar surface area (TPSA) is 12.0 Å². The summed E-state index contributed by atoms with van der Waals surface area (Å²) in [6, 6.07) is 7.59. The van der Waals surface area contributed by atoms with Crippen LogP contribution in [-0.4, -0.2) is 6.04 Å². The Bertz CT molecular complexity index is 324. The molecule has 1 unspecified atom stereocenters. The molecule has 0 radical (unpaired) electrons. The van der Waals surface area contributed by atoms with Crippen LogP contribution in [0, 0.1) is 5.82 Å². The number of benzene rings is 1. The summed E-state index contributed by atoms with van der Waals surface area (Å²) in [5.41, 5.74) is 0.766. The van der Waals surface area contributed by atoms with Crippen molar-refractivity contribution in [2.45, 2.75) is 58.5 Å². The van der Waals surface area contributed by atoms with E-state index in [2.05, 4.69) is 19.2 Å². The molecule has 0 aromatic heterocycles. The van der Waals surface area contributed by atoms with E-state index in [0.717, 1.165) is 12.0 Å². The largest absolute Gasteiger partial charge is 0.307 e. The van der Waals surface area contributed by atoms with Crippen molar-refractivity contribution in [3.05, 3.63) is 35.6 Å². The number of nitrogens with one attached hydrogen (secondary N) is 1. The quantitative estimate of drug-likeness (QED) is 0.739. The first kappa shape index (κ1) is 14.2. The van der Waals surface area contributed by atoms with E-state index in [1.54, 1.807) is 6.07 Å². The molecule has 0 fully saturated rings. The molecule has 96 valence electrons. The predicted octanol–water partition coefficient (Wildman–Crippen LogP) is 4.45. The van der Waals surface area contributed by atoms with E-state index in [1.807, 2.05) is 19.1 Å². The van der Waals surface area contributed by atoms with Crippen molar-refractivity contribution in [1.82, 2.24) is 5.32 Å². The lowest BCUT2D eigenvalue weighted by atomic mass is 10.0. The smallest absolute Gasteiger partial charge is 0.127 e. The Hall–Kier alpha value is -0.890. The van der Waals surface area contributed by atoms with Gasteiger partial charge in [-0.3, -0.25) is 0 Å². The van der Waals surface area contributed by atoms with Crippen LogP contribution in [0.2, 0.25) is 0 Å². The van der Waals surface area contributed by atoms with Crippen LogP contribution in [0.15, 0.2) is 24.3 Å². The van der Waals surface area contributed by atoms with Crippen LogP contribution >= 0.6 is 0 Å². The van der Waals surface area contributed by atoms with Gasteiger partial charge in [0.25, 0.3) is 0 Å². The Labute approximate surface area is 104 Å². The molecule has 2 atom stereocenters. The Morgan fingerprint density at radius 3 is 2.53 bits per heavy atom. The second-order valence-electron chi connectivity index (χ2n) is 4.66. The van der Waals surface area contributed by atoms with Crippen LogP contribution < -0.4 is 5.32 Å². The monoisotopic (exact) mass is 237 g/mol. The van der Waals surface area contributed by atoms with Gasteiger partial charge in [-0.1, -0.05) is 44.9 Å². The summed E-state index contributed by atoms with van der Waals surface area (Å²) in [7, 11) is 0. The summed E-state index contributed by atoms with van der Waals surface area (Å²) < 4.78 is 13.6. The fourth-order valence-electron chi connectivity index (χ4n) is 2.13. The first-order valence-electron chi connectivity index (χ1n) is 6.69. The van der Waals surface area contributed by atoms with Gasteiger partial charge < -0.3 is 5.32 Å². The summed E-state index contributed by atoms with van der Waals surface area (Å²) in [4.78, 5) is 0. The predicted molar refractivity (Wildman–Crippen MR) is 71.6 cm³/mol. The maximum atomic E-state index is 13.6. The third kappa shape index (κ3) is 4.47. The number of hydrogen-bond acceptors (Lipinski definition) is 1. The molecule has 0 saturated carbocycles. The standard InChI is InChI=1S/C15H24FN/c1-4-6-9-13(5-2)17-12(3)14-10-7-8-11-15(14)16/h7-8,10-13,17H,4-6,9H2,1-3H3/t12-,13?/m1/s1. The van der Waals surface area contributed by atoms with Crippen LogP contribution in [0.25, 0.3) is 0 Å². The molecule has 0 spiro atoms. The number of hydrogen-bond donors (Lipinski definition) is 1. The Morgan fingerprint density at radius 2 is 1.94 bits per heavy atom. The zero-order valence-electron chi connectivity index (χ0n) is 11.2. The van der Waals surface area contributed by atoms with Crippen molar-refractivity contribution in [1.29, 1.82) is 0 Å². The van der Waals surface area contributed by atoms with Crippen molar-refractivity contribution < 1.29 is 4.39 Å². The lowest BCUT2D eigenvalue weighted by molar-refractivity contribution is 0.402. The zero-order chi connectivity index (χ0) is 12.7. The van der Waals surface area contributed by atoms with Crippen molar-refractivity contribution in [3.63, 3.8) is 0 Å². The van der Waals surface area contributed by atoms with Gasteiger partial charge in [0.2, 0.25) is 0 Å². The molecule has 0 aliphatic carbocycles. The first-order chi connectivity index (χ1) is 8.19. The van der Waals surface area contributed by atoms with E-state index >= 15 is 0 Å². The molecule has 0 amide bonds. The van der Waals surface area contributed by atoms with Gasteiger partial charge in [0.15, 0.2) is 0 Å². The highest BCUT2D eigenvalue weighted by Gasteiger charge is 2.13. The minimum Gasteiger partial charge on any atom is -0.307 e. The third-order valence-corrected chi connectivity index (χ3v) is 3.26. The average Bonchev–Trinajstić information content (AvgIpc) is 2.34. The van der Waals surface area contributed by atoms with Crippen LogP contribution in [-0.2, 0) is 0 Å². The van der Waals surface area contributed by atoms with Crippen molar-refractivity contribution in [3.8, 4) is 0 Å². The molecule has 1 aromatic rings. The van der Waals surface area contributed by atoms with Gasteiger partial charge in [-0.2, -0.15) is 0 Å². The lowest BCUT2D eigenvalue weighted by Crippen LogP contribution is -2.31. The summed E-state index contributed by atoms with van der Waals surface area (Å²) in [5, 5.41) is 3.52. The zero-order valence-corrected chi connectivity index (χ0v) is 11.2. The molecule has 0 saturated heterocycles. The molecule has 1 N–H and O–H groups in total. The molecule has 0 heterocycles. The van der Waals surface area contributed by atoms with Gasteiger partial charge in [-0.15, -0.1) is 0 Å². The summed E-state index contributed by atoms with van der Waals surface area (Å²) in [6.45, 7) is 6.42. The van der Waals surface area contributed by atoms with E-state index in [9.17, 15) is 4.39 Å². The molecule has 0 bridgehead atoms. The van der Waals surface area contributed by atoms with Gasteiger partial charge in [-0.05, 0) is 25.8 Å². The second kappa shape index (κ2) is 7.44. The Morgan fingerprint density at radius 1 is 1.24 bits per heavy atom. The Balaban J connectivity index is 2.58. The van der Waals surface area contributed by atoms with E-state index in [1.165, 1.54) is 25.3 Å². The molecule has 0 aliphatic heterocycles. The number of rotatable bonds is 7. The summed E-state index contributed by atoms with van der Waals surface area (Å²) in [5.74, 6) is -0.113. The van der Waals surface area contributed by atoms with Gasteiger partial charge in [0, 0.05) is 17.6 Å². The van der Waals surface area contributed by atoms with Gasteiger partial charge >= 0.3 is 0 Å². The summed E-state index contributed by atoms with van der Waals surface area (Å²) >= 11 is 0. The SMILES string of the molecule is CCCCC(CC)N[C@H](C)c1ccccc1F. The highest BCUT2D eigenvalue weighted by Crippen LogP contribution is 2.18. The number of unbranched alkanes of at least 4 members (excludes halogenated alkanes) is 1. The molecular weight excluding hydrogens is 213 g/mol. The second-order valence-corrected chi connectivity index (χ2v) is 4.66. The molecule has 1 aromatic carbocycles. The first-order valence-corrected chi connectivity index (χ1v) is 6.69. The molecule has 1 nitrogen and oxygen atoms in total. The van der Waals surface area contributed by atoms with Crippen molar-refractivity contribution >= 4 is 0 Å². The minimum absolute atomic E-state index is 0.0815. The highest BCUT2D eigenvalue weighted by molar-refractivity contribution is 5.20. The highest BCUT2D eigenvalue weighted by atomic mass is 19.1. The molecule has 1 rings (SSSR count). The van der Waals surface area contributed by atoms with Gasteiger partial charge in [0.1, 0.15) is 5.82 Å². The fourth-order valence-corrected chi connectivity index (χ4v) is 2.13. The molecule has 17 heavy (non-hydrogen) atoms. The fraction of sp³-hybridized carbons (Fsp3) is 0.600. The van der Waals surface area contributed by atoms with Crippen molar-refractivity contribution in [2.24, 2.45) is 0 Å². The molecular formula is C15H24FN. The van der Waals surface area contributed by atoms with Crippen molar-refractivity contribution in [2.75, 3.05) is 0 Å². The Kier molecular flexibility index (Phi) is 6.20. The van der Waals surface area contributed by atoms with Crippen LogP contribution in [0.4, 0.5) is 4.39 Å². The van der Waals surface area contributed by atoms with Crippen LogP contribution in [0.3, 0.4) is 0 Å².